The van der Waals surface area contributed by atoms with Crippen molar-refractivity contribution in [3.8, 4) is 6.07 Å². The average molecular weight is 251 g/mol. The van der Waals surface area contributed by atoms with Gasteiger partial charge in [0.15, 0.2) is 0 Å². The predicted octanol–water partition coefficient (Wildman–Crippen LogP) is 3.03. The third-order valence-corrected chi connectivity index (χ3v) is 5.33. The molecule has 2 fully saturated rings. The third-order valence-electron chi connectivity index (χ3n) is 5.33. The highest BCUT2D eigenvalue weighted by Gasteiger charge is 2.58. The van der Waals surface area contributed by atoms with Crippen LogP contribution in [0, 0.1) is 22.7 Å². The Bertz CT molecular complexity index is 338. The van der Waals surface area contributed by atoms with Gasteiger partial charge in [0.2, 0.25) is 0 Å². The summed E-state index contributed by atoms with van der Waals surface area (Å²) in [6, 6.07) is 2.49. The SMILES string of the molecule is CCC1CCC(C#N)(C2(O)CCCCC2OC)C1. The summed E-state index contributed by atoms with van der Waals surface area (Å²) in [5.74, 6) is 0.591. The summed E-state index contributed by atoms with van der Waals surface area (Å²) in [5.41, 5.74) is -1.51. The van der Waals surface area contributed by atoms with Gasteiger partial charge in [-0.25, -0.2) is 0 Å². The quantitative estimate of drug-likeness (QED) is 0.838. The molecule has 0 amide bonds. The zero-order valence-corrected chi connectivity index (χ0v) is 11.6. The van der Waals surface area contributed by atoms with E-state index in [-0.39, 0.29) is 6.10 Å². The van der Waals surface area contributed by atoms with Crippen LogP contribution in [-0.2, 0) is 4.74 Å². The van der Waals surface area contributed by atoms with Gasteiger partial charge in [-0.3, -0.25) is 0 Å². The molecule has 2 rings (SSSR count). The summed E-state index contributed by atoms with van der Waals surface area (Å²) in [7, 11) is 1.66. The summed E-state index contributed by atoms with van der Waals surface area (Å²) >= 11 is 0. The van der Waals surface area contributed by atoms with Crippen molar-refractivity contribution < 1.29 is 9.84 Å². The molecule has 2 aliphatic carbocycles. The van der Waals surface area contributed by atoms with E-state index in [1.165, 1.54) is 0 Å². The Kier molecular flexibility index (Phi) is 3.99. The summed E-state index contributed by atoms with van der Waals surface area (Å²) in [5, 5.41) is 20.8. The smallest absolute Gasteiger partial charge is 0.109 e. The first-order chi connectivity index (χ1) is 8.62. The highest BCUT2D eigenvalue weighted by molar-refractivity contribution is 5.18. The van der Waals surface area contributed by atoms with Crippen LogP contribution in [0.3, 0.4) is 0 Å². The van der Waals surface area contributed by atoms with Crippen molar-refractivity contribution in [2.45, 2.75) is 70.0 Å². The van der Waals surface area contributed by atoms with Gasteiger partial charge in [-0.2, -0.15) is 5.26 Å². The van der Waals surface area contributed by atoms with E-state index in [0.717, 1.165) is 51.4 Å². The standard InChI is InChI=1S/C15H25NO2/c1-3-12-7-9-14(10-12,11-16)15(17)8-5-4-6-13(15)18-2/h12-13,17H,3-10H2,1-2H3. The predicted molar refractivity (Wildman–Crippen MR) is 69.9 cm³/mol. The van der Waals surface area contributed by atoms with Crippen LogP contribution in [0.15, 0.2) is 0 Å². The first-order valence-corrected chi connectivity index (χ1v) is 7.28. The molecule has 0 radical (unpaired) electrons. The molecule has 0 spiro atoms. The summed E-state index contributed by atoms with van der Waals surface area (Å²) in [6.45, 7) is 2.18. The van der Waals surface area contributed by atoms with Gasteiger partial charge in [-0.15, -0.1) is 0 Å². The fourth-order valence-corrected chi connectivity index (χ4v) is 4.07. The molecule has 0 heterocycles. The van der Waals surface area contributed by atoms with E-state index in [9.17, 15) is 10.4 Å². The second kappa shape index (κ2) is 5.19. The number of ether oxygens (including phenoxy) is 1. The Balaban J connectivity index is 2.28. The van der Waals surface area contributed by atoms with E-state index < -0.39 is 11.0 Å². The van der Waals surface area contributed by atoms with Crippen molar-refractivity contribution in [2.24, 2.45) is 11.3 Å². The maximum absolute atomic E-state index is 11.1. The fourth-order valence-electron chi connectivity index (χ4n) is 4.07. The van der Waals surface area contributed by atoms with Crippen LogP contribution >= 0.6 is 0 Å². The monoisotopic (exact) mass is 251 g/mol. The lowest BCUT2D eigenvalue weighted by Crippen LogP contribution is -2.57. The van der Waals surface area contributed by atoms with Crippen LogP contribution in [0.1, 0.15) is 58.3 Å². The van der Waals surface area contributed by atoms with Crippen molar-refractivity contribution in [3.05, 3.63) is 0 Å². The molecule has 0 bridgehead atoms. The molecule has 3 heteroatoms. The van der Waals surface area contributed by atoms with Crippen LogP contribution in [0.5, 0.6) is 0 Å². The van der Waals surface area contributed by atoms with Gasteiger partial charge >= 0.3 is 0 Å². The average Bonchev–Trinajstić information content (AvgIpc) is 2.84. The number of hydrogen-bond donors (Lipinski definition) is 1. The van der Waals surface area contributed by atoms with E-state index in [0.29, 0.717) is 5.92 Å². The third kappa shape index (κ3) is 1.96. The largest absolute Gasteiger partial charge is 0.386 e. The van der Waals surface area contributed by atoms with Crippen LogP contribution in [0.25, 0.3) is 0 Å². The van der Waals surface area contributed by atoms with Gasteiger partial charge in [-0.05, 0) is 38.0 Å². The lowest BCUT2D eigenvalue weighted by atomic mass is 9.63. The molecule has 0 aromatic rings. The van der Waals surface area contributed by atoms with Crippen LogP contribution in [0.4, 0.5) is 0 Å². The topological polar surface area (TPSA) is 53.2 Å². The molecule has 0 saturated heterocycles. The van der Waals surface area contributed by atoms with Crippen molar-refractivity contribution >= 4 is 0 Å². The summed E-state index contributed by atoms with van der Waals surface area (Å²) < 4.78 is 5.51. The molecular formula is C15H25NO2. The number of methoxy groups -OCH3 is 1. The highest BCUT2D eigenvalue weighted by Crippen LogP contribution is 2.54. The van der Waals surface area contributed by atoms with Gasteiger partial charge in [0.25, 0.3) is 0 Å². The number of hydrogen-bond acceptors (Lipinski definition) is 3. The van der Waals surface area contributed by atoms with Crippen LogP contribution < -0.4 is 0 Å². The Morgan fingerprint density at radius 2 is 2.11 bits per heavy atom. The fraction of sp³-hybridized carbons (Fsp3) is 0.933. The minimum atomic E-state index is -0.932. The van der Waals surface area contributed by atoms with Crippen molar-refractivity contribution in [1.82, 2.24) is 0 Å². The molecule has 0 aromatic heterocycles. The van der Waals surface area contributed by atoms with Crippen molar-refractivity contribution in [3.63, 3.8) is 0 Å². The summed E-state index contributed by atoms with van der Waals surface area (Å²) in [6.07, 6.45) is 7.40. The Morgan fingerprint density at radius 3 is 2.67 bits per heavy atom. The molecule has 4 atom stereocenters. The normalized spacial score (nSPS) is 44.8. The Hall–Kier alpha value is -0.590. The van der Waals surface area contributed by atoms with E-state index in [4.69, 9.17) is 4.74 Å². The minimum absolute atomic E-state index is 0.165. The van der Waals surface area contributed by atoms with Gasteiger partial charge in [0.05, 0.1) is 17.6 Å². The number of rotatable bonds is 3. The Labute approximate surface area is 110 Å². The van der Waals surface area contributed by atoms with Gasteiger partial charge < -0.3 is 9.84 Å². The van der Waals surface area contributed by atoms with Crippen molar-refractivity contribution in [1.29, 1.82) is 5.26 Å². The van der Waals surface area contributed by atoms with E-state index in [1.54, 1.807) is 7.11 Å². The molecule has 2 saturated carbocycles. The molecule has 2 aliphatic rings. The number of aliphatic hydroxyl groups is 1. The second-order valence-corrected chi connectivity index (χ2v) is 6.11. The van der Waals surface area contributed by atoms with Gasteiger partial charge in [0.1, 0.15) is 5.60 Å². The molecule has 1 N–H and O–H groups in total. The zero-order chi connectivity index (χ0) is 13.2. The maximum Gasteiger partial charge on any atom is 0.109 e. The molecule has 4 unspecified atom stereocenters. The Morgan fingerprint density at radius 1 is 1.33 bits per heavy atom. The first-order valence-electron chi connectivity index (χ1n) is 7.28. The van der Waals surface area contributed by atoms with E-state index in [2.05, 4.69) is 13.0 Å². The van der Waals surface area contributed by atoms with Crippen LogP contribution in [0.2, 0.25) is 0 Å². The lowest BCUT2D eigenvalue weighted by molar-refractivity contribution is -0.170. The maximum atomic E-state index is 11.1. The molecule has 18 heavy (non-hydrogen) atoms. The van der Waals surface area contributed by atoms with Crippen LogP contribution in [-0.4, -0.2) is 23.9 Å². The lowest BCUT2D eigenvalue weighted by Gasteiger charge is -2.47. The second-order valence-electron chi connectivity index (χ2n) is 6.11. The molecule has 102 valence electrons. The summed E-state index contributed by atoms with van der Waals surface area (Å²) in [4.78, 5) is 0. The number of nitriles is 1. The zero-order valence-electron chi connectivity index (χ0n) is 11.6. The van der Waals surface area contributed by atoms with Crippen molar-refractivity contribution in [2.75, 3.05) is 7.11 Å². The minimum Gasteiger partial charge on any atom is -0.386 e. The van der Waals surface area contributed by atoms with Gasteiger partial charge in [0, 0.05) is 7.11 Å². The molecule has 3 nitrogen and oxygen atoms in total. The molecular weight excluding hydrogens is 226 g/mol. The first kappa shape index (κ1) is 13.8. The number of nitrogens with zero attached hydrogens (tertiary/aromatic N) is 1. The van der Waals surface area contributed by atoms with Gasteiger partial charge in [-0.1, -0.05) is 26.2 Å². The molecule has 0 aliphatic heterocycles. The van der Waals surface area contributed by atoms with E-state index >= 15 is 0 Å². The van der Waals surface area contributed by atoms with E-state index in [1.807, 2.05) is 0 Å². The molecule has 0 aromatic carbocycles. The highest BCUT2D eigenvalue weighted by atomic mass is 16.5.